The lowest BCUT2D eigenvalue weighted by atomic mass is 9.97. The van der Waals surface area contributed by atoms with Gasteiger partial charge in [-0.2, -0.15) is 0 Å². The molecule has 1 N–H and O–H groups in total. The third kappa shape index (κ3) is 3.94. The summed E-state index contributed by atoms with van der Waals surface area (Å²) in [5.41, 5.74) is -0.667. The van der Waals surface area contributed by atoms with Crippen molar-refractivity contribution in [2.75, 3.05) is 26.2 Å². The summed E-state index contributed by atoms with van der Waals surface area (Å²) in [4.78, 5) is 13.5. The van der Waals surface area contributed by atoms with Gasteiger partial charge in [-0.3, -0.25) is 9.69 Å². The van der Waals surface area contributed by atoms with Gasteiger partial charge in [-0.05, 0) is 38.1 Å². The summed E-state index contributed by atoms with van der Waals surface area (Å²) in [6.45, 7) is 5.48. The summed E-state index contributed by atoms with van der Waals surface area (Å²) in [5, 5.41) is 9.56. The average molecular weight is 265 g/mol. The number of hydrogen-bond acceptors (Lipinski definition) is 5. The fourth-order valence-electron chi connectivity index (χ4n) is 2.15. The van der Waals surface area contributed by atoms with Crippen LogP contribution in [0.15, 0.2) is 24.3 Å². The van der Waals surface area contributed by atoms with Crippen molar-refractivity contribution in [3.8, 4) is 11.5 Å². The molecule has 104 valence electrons. The molecule has 5 nitrogen and oxygen atoms in total. The number of aliphatic hydroxyl groups is 1. The minimum Gasteiger partial charge on any atom is -0.494 e. The van der Waals surface area contributed by atoms with Crippen LogP contribution in [0.4, 0.5) is 0 Å². The highest BCUT2D eigenvalue weighted by molar-refractivity contribution is 5.74. The molecule has 1 aliphatic heterocycles. The van der Waals surface area contributed by atoms with E-state index < -0.39 is 5.60 Å². The minimum absolute atomic E-state index is 0.198. The molecule has 0 atom stereocenters. The van der Waals surface area contributed by atoms with Crippen molar-refractivity contribution in [1.82, 2.24) is 4.90 Å². The standard InChI is InChI=1S/C14H19NO4/c1-3-18-11-4-6-12(7-5-11)19-13(16)8-15-9-14(2,17)10-15/h4-7,17H,3,8-10H2,1-2H3. The molecule has 1 heterocycles. The Morgan fingerprint density at radius 2 is 1.89 bits per heavy atom. The van der Waals surface area contributed by atoms with Crippen molar-refractivity contribution < 1.29 is 19.4 Å². The van der Waals surface area contributed by atoms with Gasteiger partial charge in [0.25, 0.3) is 0 Å². The average Bonchev–Trinajstić information content (AvgIpc) is 2.29. The van der Waals surface area contributed by atoms with Crippen LogP contribution >= 0.6 is 0 Å². The molecule has 1 aliphatic rings. The molecule has 5 heteroatoms. The highest BCUT2D eigenvalue weighted by atomic mass is 16.5. The van der Waals surface area contributed by atoms with Crippen LogP contribution in [0.2, 0.25) is 0 Å². The molecule has 1 saturated heterocycles. The summed E-state index contributed by atoms with van der Waals surface area (Å²) in [5.74, 6) is 0.932. The number of benzene rings is 1. The monoisotopic (exact) mass is 265 g/mol. The number of β-amino-alcohol motifs (C(OH)–C–C–N with tert-alkyl or cyclic N) is 1. The van der Waals surface area contributed by atoms with E-state index >= 15 is 0 Å². The maximum absolute atomic E-state index is 11.7. The van der Waals surface area contributed by atoms with E-state index in [9.17, 15) is 9.90 Å². The topological polar surface area (TPSA) is 59.0 Å². The van der Waals surface area contributed by atoms with Gasteiger partial charge in [0.1, 0.15) is 11.5 Å². The Morgan fingerprint density at radius 3 is 2.42 bits per heavy atom. The van der Waals surface area contributed by atoms with Crippen LogP contribution in [0.3, 0.4) is 0 Å². The van der Waals surface area contributed by atoms with Crippen LogP contribution < -0.4 is 9.47 Å². The lowest BCUT2D eigenvalue weighted by Crippen LogP contribution is -2.61. The highest BCUT2D eigenvalue weighted by Gasteiger charge is 2.37. The molecule has 1 fully saturated rings. The van der Waals surface area contributed by atoms with E-state index in [4.69, 9.17) is 9.47 Å². The molecule has 0 amide bonds. The zero-order chi connectivity index (χ0) is 13.9. The maximum atomic E-state index is 11.7. The number of carbonyl (C=O) groups excluding carboxylic acids is 1. The van der Waals surface area contributed by atoms with Crippen LogP contribution in [-0.2, 0) is 4.79 Å². The maximum Gasteiger partial charge on any atom is 0.325 e. The predicted molar refractivity (Wildman–Crippen MR) is 70.3 cm³/mol. The van der Waals surface area contributed by atoms with E-state index in [1.807, 2.05) is 11.8 Å². The van der Waals surface area contributed by atoms with Crippen LogP contribution in [0.5, 0.6) is 11.5 Å². The first-order chi connectivity index (χ1) is 8.98. The summed E-state index contributed by atoms with van der Waals surface area (Å²) < 4.78 is 10.5. The molecule has 19 heavy (non-hydrogen) atoms. The number of carbonyl (C=O) groups is 1. The van der Waals surface area contributed by atoms with Gasteiger partial charge in [0, 0.05) is 13.1 Å². The van der Waals surface area contributed by atoms with Gasteiger partial charge in [-0.25, -0.2) is 0 Å². The lowest BCUT2D eigenvalue weighted by Gasteiger charge is -2.43. The Morgan fingerprint density at radius 1 is 1.32 bits per heavy atom. The number of likely N-dealkylation sites (tertiary alicyclic amines) is 1. The number of esters is 1. The molecule has 1 aromatic carbocycles. The van der Waals surface area contributed by atoms with E-state index in [1.165, 1.54) is 0 Å². The normalized spacial score (nSPS) is 17.6. The molecule has 0 spiro atoms. The van der Waals surface area contributed by atoms with Crippen molar-refractivity contribution in [2.24, 2.45) is 0 Å². The quantitative estimate of drug-likeness (QED) is 0.637. The molecule has 0 bridgehead atoms. The van der Waals surface area contributed by atoms with Gasteiger partial charge in [0.15, 0.2) is 0 Å². The molecule has 0 aromatic heterocycles. The molecular weight excluding hydrogens is 246 g/mol. The second-order valence-electron chi connectivity index (χ2n) is 5.02. The fraction of sp³-hybridized carbons (Fsp3) is 0.500. The van der Waals surface area contributed by atoms with Crippen LogP contribution in [-0.4, -0.2) is 47.8 Å². The molecular formula is C14H19NO4. The van der Waals surface area contributed by atoms with Crippen LogP contribution in [0, 0.1) is 0 Å². The summed E-state index contributed by atoms with van der Waals surface area (Å²) in [7, 11) is 0. The third-order valence-corrected chi connectivity index (χ3v) is 2.85. The highest BCUT2D eigenvalue weighted by Crippen LogP contribution is 2.20. The van der Waals surface area contributed by atoms with Gasteiger partial charge in [-0.1, -0.05) is 0 Å². The van der Waals surface area contributed by atoms with Gasteiger partial charge in [0.05, 0.1) is 18.8 Å². The largest absolute Gasteiger partial charge is 0.494 e. The number of ether oxygens (including phenoxy) is 2. The smallest absolute Gasteiger partial charge is 0.325 e. The molecule has 0 aliphatic carbocycles. The summed E-state index contributed by atoms with van der Waals surface area (Å²) in [6, 6.07) is 6.94. The number of nitrogens with zero attached hydrogens (tertiary/aromatic N) is 1. The first kappa shape index (κ1) is 13.8. The zero-order valence-electron chi connectivity index (χ0n) is 11.3. The van der Waals surface area contributed by atoms with Crippen molar-refractivity contribution in [2.45, 2.75) is 19.4 Å². The van der Waals surface area contributed by atoms with E-state index in [0.29, 0.717) is 25.4 Å². The Hall–Kier alpha value is -1.59. The first-order valence-corrected chi connectivity index (χ1v) is 6.37. The lowest BCUT2D eigenvalue weighted by molar-refractivity contribution is -0.142. The molecule has 1 aromatic rings. The second-order valence-corrected chi connectivity index (χ2v) is 5.02. The van der Waals surface area contributed by atoms with Crippen LogP contribution in [0.25, 0.3) is 0 Å². The molecule has 2 rings (SSSR count). The van der Waals surface area contributed by atoms with Gasteiger partial charge < -0.3 is 14.6 Å². The van der Waals surface area contributed by atoms with Gasteiger partial charge >= 0.3 is 5.97 Å². The van der Waals surface area contributed by atoms with Gasteiger partial charge in [-0.15, -0.1) is 0 Å². The van der Waals surface area contributed by atoms with Crippen molar-refractivity contribution >= 4 is 5.97 Å². The Kier molecular flexibility index (Phi) is 4.07. The van der Waals surface area contributed by atoms with Crippen molar-refractivity contribution in [1.29, 1.82) is 0 Å². The van der Waals surface area contributed by atoms with Crippen molar-refractivity contribution in [3.63, 3.8) is 0 Å². The molecule has 0 unspecified atom stereocenters. The number of rotatable bonds is 5. The van der Waals surface area contributed by atoms with Crippen molar-refractivity contribution in [3.05, 3.63) is 24.3 Å². The predicted octanol–water partition coefficient (Wildman–Crippen LogP) is 1.06. The van der Waals surface area contributed by atoms with E-state index in [-0.39, 0.29) is 12.5 Å². The Balaban J connectivity index is 1.79. The molecule has 0 saturated carbocycles. The third-order valence-electron chi connectivity index (χ3n) is 2.85. The van der Waals surface area contributed by atoms with Gasteiger partial charge in [0.2, 0.25) is 0 Å². The molecule has 0 radical (unpaired) electrons. The van der Waals surface area contributed by atoms with E-state index in [2.05, 4.69) is 0 Å². The van der Waals surface area contributed by atoms with E-state index in [1.54, 1.807) is 31.2 Å². The van der Waals surface area contributed by atoms with Crippen LogP contribution in [0.1, 0.15) is 13.8 Å². The minimum atomic E-state index is -0.667. The second kappa shape index (κ2) is 5.59. The summed E-state index contributed by atoms with van der Waals surface area (Å²) >= 11 is 0. The number of hydrogen-bond donors (Lipinski definition) is 1. The van der Waals surface area contributed by atoms with E-state index in [0.717, 1.165) is 5.75 Å². The fourth-order valence-corrected chi connectivity index (χ4v) is 2.15. The summed E-state index contributed by atoms with van der Waals surface area (Å²) in [6.07, 6.45) is 0. The zero-order valence-corrected chi connectivity index (χ0v) is 11.3. The Bertz CT molecular complexity index is 433. The Labute approximate surface area is 112 Å². The SMILES string of the molecule is CCOc1ccc(OC(=O)CN2CC(C)(O)C2)cc1. The first-order valence-electron chi connectivity index (χ1n) is 6.37.